The molecule has 2 aromatic rings. The maximum atomic E-state index is 10.8. The highest BCUT2D eigenvalue weighted by atomic mass is 35.5. The van der Waals surface area contributed by atoms with Crippen molar-refractivity contribution < 1.29 is 4.92 Å². The average molecular weight is 281 g/mol. The lowest BCUT2D eigenvalue weighted by atomic mass is 10.2. The number of benzene rings is 1. The number of halogens is 1. The minimum atomic E-state index is -0.396. The first-order valence-electron chi connectivity index (χ1n) is 5.84. The predicted molar refractivity (Wildman–Crippen MR) is 71.8 cm³/mol. The average Bonchev–Trinajstić information content (AvgIpc) is 2.84. The number of hydrogen-bond acceptors (Lipinski definition) is 4. The lowest BCUT2D eigenvalue weighted by molar-refractivity contribution is -0.385. The van der Waals surface area contributed by atoms with Crippen LogP contribution in [-0.2, 0) is 6.42 Å². The summed E-state index contributed by atoms with van der Waals surface area (Å²) in [7, 11) is 0. The highest BCUT2D eigenvalue weighted by molar-refractivity contribution is 6.17. The van der Waals surface area contributed by atoms with Crippen LogP contribution in [0.4, 0.5) is 5.69 Å². The van der Waals surface area contributed by atoms with Gasteiger partial charge in [0, 0.05) is 17.5 Å². The number of nitro benzene ring substituents is 1. The monoisotopic (exact) mass is 280 g/mol. The molecule has 0 radical (unpaired) electrons. The Morgan fingerprint density at radius 1 is 1.47 bits per heavy atom. The summed E-state index contributed by atoms with van der Waals surface area (Å²) in [5, 5.41) is 18.8. The van der Waals surface area contributed by atoms with Crippen LogP contribution in [0, 0.1) is 17.0 Å². The molecule has 0 aliphatic heterocycles. The zero-order valence-electron chi connectivity index (χ0n) is 10.4. The number of hydrogen-bond donors (Lipinski definition) is 0. The van der Waals surface area contributed by atoms with Crippen molar-refractivity contribution in [1.82, 2.24) is 15.0 Å². The zero-order chi connectivity index (χ0) is 13.8. The molecule has 0 amide bonds. The summed E-state index contributed by atoms with van der Waals surface area (Å²) in [4.78, 5) is 10.4. The summed E-state index contributed by atoms with van der Waals surface area (Å²) in [6, 6.07) is 4.86. The van der Waals surface area contributed by atoms with Crippen molar-refractivity contribution in [1.29, 1.82) is 0 Å². The van der Waals surface area contributed by atoms with E-state index < -0.39 is 4.92 Å². The molecule has 6 nitrogen and oxygen atoms in total. The van der Waals surface area contributed by atoms with Crippen molar-refractivity contribution in [2.75, 3.05) is 5.88 Å². The van der Waals surface area contributed by atoms with Crippen LogP contribution in [0.25, 0.3) is 5.69 Å². The largest absolute Gasteiger partial charge is 0.272 e. The molecule has 0 unspecified atom stereocenters. The highest BCUT2D eigenvalue weighted by Gasteiger charge is 2.11. The Bertz CT molecular complexity index is 597. The molecule has 1 aromatic carbocycles. The van der Waals surface area contributed by atoms with Gasteiger partial charge in [-0.25, -0.2) is 4.68 Å². The number of nitro groups is 1. The molecule has 0 saturated carbocycles. The minimum absolute atomic E-state index is 0.103. The smallest absolute Gasteiger partial charge is 0.258 e. The molecule has 0 N–H and O–H groups in total. The number of aryl methyl sites for hydroxylation is 2. The van der Waals surface area contributed by atoms with Crippen molar-refractivity contribution in [2.45, 2.75) is 19.8 Å². The molecule has 0 atom stereocenters. The maximum absolute atomic E-state index is 10.8. The van der Waals surface area contributed by atoms with Gasteiger partial charge in [-0.2, -0.15) is 0 Å². The third-order valence-electron chi connectivity index (χ3n) is 2.75. The fraction of sp³-hybridized carbons (Fsp3) is 0.333. The topological polar surface area (TPSA) is 73.8 Å². The Balaban J connectivity index is 2.24. The molecule has 2 rings (SSSR count). The van der Waals surface area contributed by atoms with Gasteiger partial charge >= 0.3 is 0 Å². The molecule has 0 aliphatic rings. The highest BCUT2D eigenvalue weighted by Crippen LogP contribution is 2.20. The van der Waals surface area contributed by atoms with Gasteiger partial charge in [-0.3, -0.25) is 10.1 Å². The SMILES string of the molecule is Cc1cc(-n2cc(CCCCl)nn2)ccc1[N+](=O)[O-]. The first-order chi connectivity index (χ1) is 9.11. The van der Waals surface area contributed by atoms with E-state index in [1.165, 1.54) is 6.07 Å². The van der Waals surface area contributed by atoms with Crippen LogP contribution in [0.15, 0.2) is 24.4 Å². The van der Waals surface area contributed by atoms with Crippen molar-refractivity contribution >= 4 is 17.3 Å². The second-order valence-electron chi connectivity index (χ2n) is 4.17. The summed E-state index contributed by atoms with van der Waals surface area (Å²) in [5.41, 5.74) is 2.32. The summed E-state index contributed by atoms with van der Waals surface area (Å²) >= 11 is 5.62. The third-order valence-corrected chi connectivity index (χ3v) is 3.02. The molecule has 1 aromatic heterocycles. The predicted octanol–water partition coefficient (Wildman–Crippen LogP) is 2.66. The van der Waals surface area contributed by atoms with E-state index in [0.29, 0.717) is 11.4 Å². The second kappa shape index (κ2) is 5.79. The Hall–Kier alpha value is -1.95. The molecule has 7 heteroatoms. The van der Waals surface area contributed by atoms with Gasteiger partial charge in [0.05, 0.1) is 22.5 Å². The van der Waals surface area contributed by atoms with Crippen LogP contribution >= 0.6 is 11.6 Å². The molecule has 0 spiro atoms. The first kappa shape index (κ1) is 13.5. The Morgan fingerprint density at radius 3 is 2.89 bits per heavy atom. The number of nitrogens with zero attached hydrogens (tertiary/aromatic N) is 4. The zero-order valence-corrected chi connectivity index (χ0v) is 11.2. The van der Waals surface area contributed by atoms with Gasteiger partial charge in [0.1, 0.15) is 0 Å². The summed E-state index contributed by atoms with van der Waals surface area (Å²) < 4.78 is 1.61. The fourth-order valence-corrected chi connectivity index (χ4v) is 1.91. The van der Waals surface area contributed by atoms with Gasteiger partial charge in [0.2, 0.25) is 0 Å². The quantitative estimate of drug-likeness (QED) is 0.479. The van der Waals surface area contributed by atoms with Crippen molar-refractivity contribution in [2.24, 2.45) is 0 Å². The van der Waals surface area contributed by atoms with Gasteiger partial charge < -0.3 is 0 Å². The normalized spacial score (nSPS) is 10.6. The van der Waals surface area contributed by atoms with Crippen LogP contribution in [0.2, 0.25) is 0 Å². The van der Waals surface area contributed by atoms with E-state index in [2.05, 4.69) is 10.3 Å². The summed E-state index contributed by atoms with van der Waals surface area (Å²) in [6.45, 7) is 1.70. The van der Waals surface area contributed by atoms with Gasteiger partial charge in [0.25, 0.3) is 5.69 Å². The van der Waals surface area contributed by atoms with E-state index in [0.717, 1.165) is 24.2 Å². The summed E-state index contributed by atoms with van der Waals surface area (Å²) in [5.74, 6) is 0.587. The molecular formula is C12H13ClN4O2. The minimum Gasteiger partial charge on any atom is -0.258 e. The number of alkyl halides is 1. The van der Waals surface area contributed by atoms with Crippen LogP contribution in [-0.4, -0.2) is 25.8 Å². The Kier molecular flexibility index (Phi) is 4.11. The fourth-order valence-electron chi connectivity index (χ4n) is 1.77. The van der Waals surface area contributed by atoms with Gasteiger partial charge in [-0.05, 0) is 31.9 Å². The lowest BCUT2D eigenvalue weighted by Gasteiger charge is -2.02. The maximum Gasteiger partial charge on any atom is 0.272 e. The molecule has 100 valence electrons. The van der Waals surface area contributed by atoms with Gasteiger partial charge in [0.15, 0.2) is 0 Å². The van der Waals surface area contributed by atoms with E-state index in [-0.39, 0.29) is 5.69 Å². The molecule has 0 fully saturated rings. The Labute approximate surface area is 115 Å². The van der Waals surface area contributed by atoms with E-state index in [4.69, 9.17) is 11.6 Å². The van der Waals surface area contributed by atoms with Gasteiger partial charge in [-0.15, -0.1) is 16.7 Å². The van der Waals surface area contributed by atoms with Crippen molar-refractivity contribution in [3.63, 3.8) is 0 Å². The molecule has 19 heavy (non-hydrogen) atoms. The molecular weight excluding hydrogens is 268 g/mol. The first-order valence-corrected chi connectivity index (χ1v) is 6.38. The van der Waals surface area contributed by atoms with Gasteiger partial charge in [-0.1, -0.05) is 5.21 Å². The lowest BCUT2D eigenvalue weighted by Crippen LogP contribution is -1.98. The molecule has 0 bridgehead atoms. The van der Waals surface area contributed by atoms with E-state index in [9.17, 15) is 10.1 Å². The third kappa shape index (κ3) is 3.08. The standard InChI is InChI=1S/C12H13ClN4O2/c1-9-7-11(4-5-12(9)17(18)19)16-8-10(14-15-16)3-2-6-13/h4-5,7-8H,2-3,6H2,1H3. The van der Waals surface area contributed by atoms with E-state index in [1.54, 1.807) is 23.7 Å². The van der Waals surface area contributed by atoms with Crippen LogP contribution in [0.5, 0.6) is 0 Å². The van der Waals surface area contributed by atoms with Crippen LogP contribution in [0.1, 0.15) is 17.7 Å². The molecule has 0 aliphatic carbocycles. The van der Waals surface area contributed by atoms with Crippen LogP contribution < -0.4 is 0 Å². The van der Waals surface area contributed by atoms with Crippen LogP contribution in [0.3, 0.4) is 0 Å². The van der Waals surface area contributed by atoms with E-state index >= 15 is 0 Å². The Morgan fingerprint density at radius 2 is 2.26 bits per heavy atom. The summed E-state index contributed by atoms with van der Waals surface area (Å²) in [6.07, 6.45) is 3.43. The molecule has 1 heterocycles. The second-order valence-corrected chi connectivity index (χ2v) is 4.55. The number of rotatable bonds is 5. The molecule has 0 saturated heterocycles. The number of aromatic nitrogens is 3. The van der Waals surface area contributed by atoms with Crippen molar-refractivity contribution in [3.8, 4) is 5.69 Å². The van der Waals surface area contributed by atoms with Crippen molar-refractivity contribution in [3.05, 3.63) is 45.8 Å². The van der Waals surface area contributed by atoms with E-state index in [1.807, 2.05) is 6.20 Å².